The van der Waals surface area contributed by atoms with E-state index in [4.69, 9.17) is 10.8 Å². The molecular formula is C4H8OSi. The van der Waals surface area contributed by atoms with Gasteiger partial charge in [-0.25, -0.2) is 0 Å². The van der Waals surface area contributed by atoms with Gasteiger partial charge in [0.15, 0.2) is 0 Å². The second-order valence-corrected chi connectivity index (χ2v) is 1.52. The van der Waals surface area contributed by atoms with Crippen LogP contribution in [0.3, 0.4) is 0 Å². The summed E-state index contributed by atoms with van der Waals surface area (Å²) in [5, 5.41) is 0. The first-order valence-corrected chi connectivity index (χ1v) is 2.62. The maximum absolute atomic E-state index is 4.93. The fourth-order valence-corrected chi connectivity index (χ4v) is 0.204. The van der Waals surface area contributed by atoms with Gasteiger partial charge in [-0.05, 0) is 6.92 Å². The molecule has 0 spiro atoms. The van der Waals surface area contributed by atoms with Gasteiger partial charge in [0, 0.05) is 0 Å². The highest BCUT2D eigenvalue weighted by atomic mass is 28.2. The summed E-state index contributed by atoms with van der Waals surface area (Å²) >= 11 is 0. The van der Waals surface area contributed by atoms with Crippen LogP contribution in [0.5, 0.6) is 0 Å². The van der Waals surface area contributed by atoms with E-state index in [9.17, 15) is 0 Å². The van der Waals surface area contributed by atoms with E-state index >= 15 is 0 Å². The Morgan fingerprint density at radius 3 is 2.50 bits per heavy atom. The average Bonchev–Trinajstić information content (AvgIpc) is 1.65. The molecule has 1 nitrogen and oxygen atoms in total. The number of hydrogen-bond acceptors (Lipinski definition) is 1. The molecular weight excluding hydrogens is 92.1 g/mol. The minimum atomic E-state index is 0.0247. The van der Waals surface area contributed by atoms with Crippen molar-refractivity contribution < 1.29 is 4.43 Å². The lowest BCUT2D eigenvalue weighted by Crippen LogP contribution is -1.99. The summed E-state index contributed by atoms with van der Waals surface area (Å²) in [4.78, 5) is 0. The van der Waals surface area contributed by atoms with Crippen LogP contribution >= 0.6 is 0 Å². The molecule has 0 N–H and O–H groups in total. The van der Waals surface area contributed by atoms with Gasteiger partial charge in [0.05, 0.1) is 0 Å². The van der Waals surface area contributed by atoms with E-state index in [2.05, 4.69) is 5.92 Å². The van der Waals surface area contributed by atoms with Crippen LogP contribution in [0.1, 0.15) is 6.92 Å². The lowest BCUT2D eigenvalue weighted by atomic mass is 10.4. The van der Waals surface area contributed by atoms with E-state index in [1.165, 1.54) is 0 Å². The SMILES string of the molecule is C#CC(C)O[SiH3]. The fraction of sp³-hybridized carbons (Fsp3) is 0.500. The third-order valence-corrected chi connectivity index (χ3v) is 1.30. The largest absolute Gasteiger partial charge is 0.415 e. The maximum Gasteiger partial charge on any atom is 0.147 e. The Bertz CT molecular complexity index is 64.4. The van der Waals surface area contributed by atoms with Crippen molar-refractivity contribution in [2.75, 3.05) is 0 Å². The highest BCUT2D eigenvalue weighted by molar-refractivity contribution is 5.98. The standard InChI is InChI=1S/C4H8OSi/c1-3-4(2)5-6/h1,4H,2,6H3. The summed E-state index contributed by atoms with van der Waals surface area (Å²) in [5.74, 6) is 2.43. The minimum absolute atomic E-state index is 0.0247. The zero-order valence-electron chi connectivity index (χ0n) is 4.06. The first-order valence-electron chi connectivity index (χ1n) is 1.80. The van der Waals surface area contributed by atoms with E-state index in [-0.39, 0.29) is 6.10 Å². The molecule has 0 saturated carbocycles. The Morgan fingerprint density at radius 2 is 2.50 bits per heavy atom. The van der Waals surface area contributed by atoms with Crippen molar-refractivity contribution in [2.24, 2.45) is 0 Å². The van der Waals surface area contributed by atoms with Gasteiger partial charge >= 0.3 is 0 Å². The Hall–Kier alpha value is -0.263. The summed E-state index contributed by atoms with van der Waals surface area (Å²) in [7, 11) is 0.740. The van der Waals surface area contributed by atoms with E-state index in [0.29, 0.717) is 0 Å². The predicted octanol–water partition coefficient (Wildman–Crippen LogP) is -0.695. The van der Waals surface area contributed by atoms with Crippen LogP contribution in [-0.2, 0) is 4.43 Å². The van der Waals surface area contributed by atoms with E-state index in [0.717, 1.165) is 10.5 Å². The van der Waals surface area contributed by atoms with Crippen molar-refractivity contribution in [3.8, 4) is 12.3 Å². The summed E-state index contributed by atoms with van der Waals surface area (Å²) in [5.41, 5.74) is 0. The van der Waals surface area contributed by atoms with E-state index < -0.39 is 0 Å². The smallest absolute Gasteiger partial charge is 0.147 e. The molecule has 0 heterocycles. The highest BCUT2D eigenvalue weighted by Gasteiger charge is 1.83. The Morgan fingerprint density at radius 1 is 2.00 bits per heavy atom. The van der Waals surface area contributed by atoms with Crippen molar-refractivity contribution in [1.82, 2.24) is 0 Å². The topological polar surface area (TPSA) is 9.23 Å². The van der Waals surface area contributed by atoms with Gasteiger partial charge in [0.25, 0.3) is 0 Å². The molecule has 0 aromatic rings. The van der Waals surface area contributed by atoms with Crippen molar-refractivity contribution in [1.29, 1.82) is 0 Å². The van der Waals surface area contributed by atoms with Gasteiger partial charge in [0.2, 0.25) is 0 Å². The Kier molecular flexibility index (Phi) is 2.82. The van der Waals surface area contributed by atoms with Crippen LogP contribution in [0.4, 0.5) is 0 Å². The highest BCUT2D eigenvalue weighted by Crippen LogP contribution is 1.77. The van der Waals surface area contributed by atoms with Gasteiger partial charge in [-0.2, -0.15) is 0 Å². The van der Waals surface area contributed by atoms with Crippen molar-refractivity contribution in [2.45, 2.75) is 13.0 Å². The zero-order chi connectivity index (χ0) is 4.99. The lowest BCUT2D eigenvalue weighted by molar-refractivity contribution is 0.308. The number of rotatable bonds is 1. The van der Waals surface area contributed by atoms with Gasteiger partial charge in [-0.3, -0.25) is 0 Å². The molecule has 0 fully saturated rings. The molecule has 0 bridgehead atoms. The predicted molar refractivity (Wildman–Crippen MR) is 29.3 cm³/mol. The summed E-state index contributed by atoms with van der Waals surface area (Å²) in [6, 6.07) is 0. The van der Waals surface area contributed by atoms with Gasteiger partial charge in [0.1, 0.15) is 16.6 Å². The monoisotopic (exact) mass is 100 g/mol. The van der Waals surface area contributed by atoms with Gasteiger partial charge < -0.3 is 4.43 Å². The Labute approximate surface area is 41.2 Å². The third-order valence-electron chi connectivity index (χ3n) is 0.588. The maximum atomic E-state index is 4.93. The van der Waals surface area contributed by atoms with E-state index in [1.54, 1.807) is 0 Å². The molecule has 1 unspecified atom stereocenters. The number of terminal acetylenes is 1. The number of hydrogen-bond donors (Lipinski definition) is 0. The molecule has 0 aromatic carbocycles. The first kappa shape index (κ1) is 5.74. The normalized spacial score (nSPS) is 13.3. The molecule has 0 aliphatic carbocycles. The fourth-order valence-electron chi connectivity index (χ4n) is 0.0680. The van der Waals surface area contributed by atoms with Crippen LogP contribution in [-0.4, -0.2) is 16.6 Å². The molecule has 34 valence electrons. The Balaban J connectivity index is 3.04. The second-order valence-electron chi connectivity index (χ2n) is 1.04. The molecule has 0 aliphatic rings. The van der Waals surface area contributed by atoms with Crippen LogP contribution in [0.25, 0.3) is 0 Å². The average molecular weight is 100 g/mol. The molecule has 0 rings (SSSR count). The van der Waals surface area contributed by atoms with E-state index in [1.807, 2.05) is 6.92 Å². The van der Waals surface area contributed by atoms with Gasteiger partial charge in [-0.15, -0.1) is 6.42 Å². The van der Waals surface area contributed by atoms with Gasteiger partial charge in [-0.1, -0.05) is 5.92 Å². The summed E-state index contributed by atoms with van der Waals surface area (Å²) < 4.78 is 4.80. The molecule has 2 heteroatoms. The molecule has 0 aliphatic heterocycles. The van der Waals surface area contributed by atoms with Crippen LogP contribution < -0.4 is 0 Å². The molecule has 0 aromatic heterocycles. The molecule has 0 radical (unpaired) electrons. The quantitative estimate of drug-likeness (QED) is 0.313. The van der Waals surface area contributed by atoms with Crippen LogP contribution in [0.15, 0.2) is 0 Å². The second kappa shape index (κ2) is 2.95. The molecule has 0 saturated heterocycles. The summed E-state index contributed by atoms with van der Waals surface area (Å²) in [6.07, 6.45) is 4.95. The lowest BCUT2D eigenvalue weighted by Gasteiger charge is -1.95. The zero-order valence-corrected chi connectivity index (χ0v) is 6.06. The van der Waals surface area contributed by atoms with Crippen LogP contribution in [0, 0.1) is 12.3 Å². The minimum Gasteiger partial charge on any atom is -0.415 e. The van der Waals surface area contributed by atoms with Crippen LogP contribution in [0.2, 0.25) is 0 Å². The molecule has 0 amide bonds. The summed E-state index contributed by atoms with van der Waals surface area (Å²) in [6.45, 7) is 1.85. The third kappa shape index (κ3) is 2.00. The van der Waals surface area contributed by atoms with Crippen molar-refractivity contribution >= 4 is 10.5 Å². The van der Waals surface area contributed by atoms with Crippen molar-refractivity contribution in [3.63, 3.8) is 0 Å². The van der Waals surface area contributed by atoms with Crippen molar-refractivity contribution in [3.05, 3.63) is 0 Å². The molecule has 1 atom stereocenters. The molecule has 6 heavy (non-hydrogen) atoms. The first-order chi connectivity index (χ1) is 2.81.